The van der Waals surface area contributed by atoms with E-state index in [1.165, 1.54) is 0 Å². The van der Waals surface area contributed by atoms with Gasteiger partial charge in [-0.05, 0) is 36.4 Å². The normalized spacial score (nSPS) is 14.9. The lowest BCUT2D eigenvalue weighted by Crippen LogP contribution is -2.44. The highest BCUT2D eigenvalue weighted by Gasteiger charge is 2.14. The lowest BCUT2D eigenvalue weighted by Gasteiger charge is -2.33. The fourth-order valence-corrected chi connectivity index (χ4v) is 2.90. The van der Waals surface area contributed by atoms with Crippen LogP contribution in [0.5, 0.6) is 0 Å². The topological polar surface area (TPSA) is 60.5 Å². The number of aromatic nitrogens is 1. The van der Waals surface area contributed by atoms with Crippen molar-refractivity contribution in [1.82, 2.24) is 20.5 Å². The van der Waals surface area contributed by atoms with E-state index in [-0.39, 0.29) is 6.03 Å². The molecule has 3 rings (SSSR count). The SMILES string of the molecule is CN1CCN(c2ccc(CNC(=O)NCc3ccc(Cl)cc3)cn2)CC1. The number of amides is 2. The summed E-state index contributed by atoms with van der Waals surface area (Å²) in [4.78, 5) is 21.1. The van der Waals surface area contributed by atoms with Crippen molar-refractivity contribution in [2.45, 2.75) is 13.1 Å². The highest BCUT2D eigenvalue weighted by Crippen LogP contribution is 2.13. The molecular weight excluding hydrogens is 350 g/mol. The van der Waals surface area contributed by atoms with Crippen LogP contribution in [-0.4, -0.2) is 49.1 Å². The summed E-state index contributed by atoms with van der Waals surface area (Å²) in [6.45, 7) is 5.01. The van der Waals surface area contributed by atoms with Gasteiger partial charge in [0.1, 0.15) is 5.82 Å². The van der Waals surface area contributed by atoms with Crippen molar-refractivity contribution < 1.29 is 4.79 Å². The number of hydrogen-bond donors (Lipinski definition) is 2. The Hall–Kier alpha value is -2.31. The molecule has 0 spiro atoms. The van der Waals surface area contributed by atoms with Crippen molar-refractivity contribution in [3.8, 4) is 0 Å². The van der Waals surface area contributed by atoms with Crippen molar-refractivity contribution in [3.05, 3.63) is 58.7 Å². The Kier molecular flexibility index (Phi) is 6.30. The summed E-state index contributed by atoms with van der Waals surface area (Å²) >= 11 is 5.85. The number of hydrogen-bond acceptors (Lipinski definition) is 4. The van der Waals surface area contributed by atoms with Crippen LogP contribution in [0.25, 0.3) is 0 Å². The first kappa shape index (κ1) is 18.5. The molecule has 1 aromatic heterocycles. The number of piperazine rings is 1. The lowest BCUT2D eigenvalue weighted by atomic mass is 10.2. The van der Waals surface area contributed by atoms with Crippen molar-refractivity contribution in [2.24, 2.45) is 0 Å². The fraction of sp³-hybridized carbons (Fsp3) is 0.368. The molecule has 0 atom stereocenters. The average Bonchev–Trinajstić information content (AvgIpc) is 2.67. The average molecular weight is 374 g/mol. The zero-order chi connectivity index (χ0) is 18.4. The number of benzene rings is 1. The van der Waals surface area contributed by atoms with Crippen molar-refractivity contribution in [1.29, 1.82) is 0 Å². The molecule has 0 aliphatic carbocycles. The Morgan fingerprint density at radius 3 is 2.23 bits per heavy atom. The summed E-state index contributed by atoms with van der Waals surface area (Å²) in [5.41, 5.74) is 1.98. The first-order valence-electron chi connectivity index (χ1n) is 8.75. The minimum Gasteiger partial charge on any atom is -0.354 e. The molecule has 1 aliphatic rings. The molecule has 2 N–H and O–H groups in total. The highest BCUT2D eigenvalue weighted by atomic mass is 35.5. The number of likely N-dealkylation sites (N-methyl/N-ethyl adjacent to an activating group) is 1. The first-order valence-corrected chi connectivity index (χ1v) is 9.12. The van der Waals surface area contributed by atoms with E-state index in [1.54, 1.807) is 0 Å². The van der Waals surface area contributed by atoms with Crippen LogP contribution < -0.4 is 15.5 Å². The van der Waals surface area contributed by atoms with Gasteiger partial charge >= 0.3 is 6.03 Å². The van der Waals surface area contributed by atoms with E-state index in [9.17, 15) is 4.79 Å². The maximum absolute atomic E-state index is 11.9. The third-order valence-corrected chi connectivity index (χ3v) is 4.71. The van der Waals surface area contributed by atoms with Crippen LogP contribution in [0.15, 0.2) is 42.6 Å². The van der Waals surface area contributed by atoms with Gasteiger partial charge in [-0.2, -0.15) is 0 Å². The number of urea groups is 1. The van der Waals surface area contributed by atoms with Crippen LogP contribution in [-0.2, 0) is 13.1 Å². The predicted molar refractivity (Wildman–Crippen MR) is 104 cm³/mol. The summed E-state index contributed by atoms with van der Waals surface area (Å²) in [6, 6.07) is 11.2. The maximum atomic E-state index is 11.9. The number of halogens is 1. The summed E-state index contributed by atoms with van der Waals surface area (Å²) in [6.07, 6.45) is 1.83. The first-order chi connectivity index (χ1) is 12.6. The quantitative estimate of drug-likeness (QED) is 0.845. The van der Waals surface area contributed by atoms with E-state index in [2.05, 4.69) is 32.5 Å². The minimum absolute atomic E-state index is 0.205. The molecule has 1 aromatic carbocycles. The predicted octanol–water partition coefficient (Wildman–Crippen LogP) is 2.49. The number of pyridine rings is 1. The summed E-state index contributed by atoms with van der Waals surface area (Å²) in [5.74, 6) is 0.994. The number of carbonyl (C=O) groups excluding carboxylic acids is 1. The van der Waals surface area contributed by atoms with Crippen LogP contribution in [0.3, 0.4) is 0 Å². The summed E-state index contributed by atoms with van der Waals surface area (Å²) in [5, 5.41) is 6.36. The van der Waals surface area contributed by atoms with Gasteiger partial charge < -0.3 is 20.4 Å². The van der Waals surface area contributed by atoms with Crippen LogP contribution in [0.2, 0.25) is 5.02 Å². The Balaban J connectivity index is 1.42. The molecule has 0 unspecified atom stereocenters. The number of carbonyl (C=O) groups is 1. The Bertz CT molecular complexity index is 712. The molecule has 0 radical (unpaired) electrons. The molecule has 1 aliphatic heterocycles. The molecule has 7 heteroatoms. The van der Waals surface area contributed by atoms with E-state index in [4.69, 9.17) is 11.6 Å². The van der Waals surface area contributed by atoms with Gasteiger partial charge in [0.2, 0.25) is 0 Å². The zero-order valence-corrected chi connectivity index (χ0v) is 15.7. The molecule has 1 fully saturated rings. The van der Waals surface area contributed by atoms with Gasteiger partial charge in [0, 0.05) is 50.5 Å². The smallest absolute Gasteiger partial charge is 0.315 e. The van der Waals surface area contributed by atoms with E-state index in [1.807, 2.05) is 42.6 Å². The number of nitrogens with zero attached hydrogens (tertiary/aromatic N) is 3. The highest BCUT2D eigenvalue weighted by molar-refractivity contribution is 6.30. The number of anilines is 1. The van der Waals surface area contributed by atoms with Crippen LogP contribution in [0, 0.1) is 0 Å². The number of nitrogens with one attached hydrogen (secondary N) is 2. The largest absolute Gasteiger partial charge is 0.354 e. The Morgan fingerprint density at radius 2 is 1.62 bits per heavy atom. The molecule has 138 valence electrons. The minimum atomic E-state index is -0.205. The monoisotopic (exact) mass is 373 g/mol. The van der Waals surface area contributed by atoms with E-state index in [0.717, 1.165) is 43.1 Å². The molecule has 2 amide bonds. The number of rotatable bonds is 5. The second-order valence-corrected chi connectivity index (χ2v) is 6.91. The van der Waals surface area contributed by atoms with Crippen molar-refractivity contribution >= 4 is 23.4 Å². The maximum Gasteiger partial charge on any atom is 0.315 e. The van der Waals surface area contributed by atoms with E-state index < -0.39 is 0 Å². The van der Waals surface area contributed by atoms with Gasteiger partial charge in [-0.15, -0.1) is 0 Å². The van der Waals surface area contributed by atoms with E-state index >= 15 is 0 Å². The van der Waals surface area contributed by atoms with Crippen molar-refractivity contribution in [3.63, 3.8) is 0 Å². The van der Waals surface area contributed by atoms with Gasteiger partial charge in [-0.25, -0.2) is 9.78 Å². The van der Waals surface area contributed by atoms with Crippen molar-refractivity contribution in [2.75, 3.05) is 38.1 Å². The van der Waals surface area contributed by atoms with Gasteiger partial charge in [-0.1, -0.05) is 29.8 Å². The summed E-state index contributed by atoms with van der Waals surface area (Å²) in [7, 11) is 2.14. The summed E-state index contributed by atoms with van der Waals surface area (Å²) < 4.78 is 0. The molecular formula is C19H24ClN5O. The third kappa shape index (κ3) is 5.34. The van der Waals surface area contributed by atoms with Crippen LogP contribution >= 0.6 is 11.6 Å². The Labute approximate surface area is 159 Å². The molecule has 26 heavy (non-hydrogen) atoms. The molecule has 0 saturated carbocycles. The van der Waals surface area contributed by atoms with E-state index in [0.29, 0.717) is 18.1 Å². The molecule has 0 bridgehead atoms. The third-order valence-electron chi connectivity index (χ3n) is 4.46. The van der Waals surface area contributed by atoms with Gasteiger partial charge in [0.25, 0.3) is 0 Å². The van der Waals surface area contributed by atoms with Gasteiger partial charge in [0.05, 0.1) is 0 Å². The second kappa shape index (κ2) is 8.87. The fourth-order valence-electron chi connectivity index (χ4n) is 2.77. The standard InChI is InChI=1S/C19H24ClN5O/c1-24-8-10-25(11-9-24)18-7-4-16(13-21-18)14-23-19(26)22-12-15-2-5-17(20)6-3-15/h2-7,13H,8-12,14H2,1H3,(H2,22,23,26). The molecule has 6 nitrogen and oxygen atoms in total. The van der Waals surface area contributed by atoms with Crippen LogP contribution in [0.4, 0.5) is 10.6 Å². The van der Waals surface area contributed by atoms with Gasteiger partial charge in [0.15, 0.2) is 0 Å². The molecule has 2 heterocycles. The van der Waals surface area contributed by atoms with Crippen LogP contribution in [0.1, 0.15) is 11.1 Å². The zero-order valence-electron chi connectivity index (χ0n) is 14.9. The molecule has 1 saturated heterocycles. The van der Waals surface area contributed by atoms with Gasteiger partial charge in [-0.3, -0.25) is 0 Å². The Morgan fingerprint density at radius 1 is 1.00 bits per heavy atom. The molecule has 2 aromatic rings. The second-order valence-electron chi connectivity index (χ2n) is 6.48. The lowest BCUT2D eigenvalue weighted by molar-refractivity contribution is 0.240.